The third-order valence-electron chi connectivity index (χ3n) is 3.25. The highest BCUT2D eigenvalue weighted by atomic mass is 16.4. The number of aromatic nitrogens is 3. The van der Waals surface area contributed by atoms with Crippen molar-refractivity contribution in [3.63, 3.8) is 0 Å². The predicted octanol–water partition coefficient (Wildman–Crippen LogP) is 1.41. The molecule has 0 fully saturated rings. The van der Waals surface area contributed by atoms with E-state index in [4.69, 9.17) is 0 Å². The third-order valence-corrected chi connectivity index (χ3v) is 3.25. The Hall–Kier alpha value is -1.39. The van der Waals surface area contributed by atoms with Gasteiger partial charge in [0.05, 0.1) is 5.41 Å². The van der Waals surface area contributed by atoms with Crippen molar-refractivity contribution in [2.24, 2.45) is 18.4 Å². The van der Waals surface area contributed by atoms with Crippen LogP contribution in [0.25, 0.3) is 0 Å². The van der Waals surface area contributed by atoms with Gasteiger partial charge in [0.15, 0.2) is 0 Å². The first-order valence-electron chi connectivity index (χ1n) is 5.37. The first-order chi connectivity index (χ1) is 7.27. The summed E-state index contributed by atoms with van der Waals surface area (Å²) in [5.41, 5.74) is -0.798. The Bertz CT molecular complexity index is 398. The number of nitrogens with zero attached hydrogens (tertiary/aromatic N) is 3. The maximum Gasteiger partial charge on any atom is 0.310 e. The molecule has 0 spiro atoms. The van der Waals surface area contributed by atoms with Crippen molar-refractivity contribution in [3.8, 4) is 0 Å². The van der Waals surface area contributed by atoms with Crippen LogP contribution < -0.4 is 0 Å². The van der Waals surface area contributed by atoms with E-state index in [1.54, 1.807) is 25.6 Å². The van der Waals surface area contributed by atoms with Gasteiger partial charge < -0.3 is 5.11 Å². The Labute approximate surface area is 95.5 Å². The zero-order chi connectivity index (χ0) is 12.5. The molecule has 1 aromatic heterocycles. The summed E-state index contributed by atoms with van der Waals surface area (Å²) in [6.07, 6.45) is 0.400. The summed E-state index contributed by atoms with van der Waals surface area (Å²) in [5.74, 6) is 0.648. The highest BCUT2D eigenvalue weighted by Gasteiger charge is 2.38. The molecule has 1 heterocycles. The maximum absolute atomic E-state index is 11.3. The average molecular weight is 225 g/mol. The number of hydrogen-bond acceptors (Lipinski definition) is 3. The lowest BCUT2D eigenvalue weighted by molar-refractivity contribution is -0.150. The van der Waals surface area contributed by atoms with Gasteiger partial charge in [0.25, 0.3) is 0 Å². The summed E-state index contributed by atoms with van der Waals surface area (Å²) in [6.45, 7) is 7.38. The van der Waals surface area contributed by atoms with Crippen molar-refractivity contribution in [1.29, 1.82) is 0 Å². The first kappa shape index (κ1) is 12.7. The molecule has 0 amide bonds. The van der Waals surface area contributed by atoms with Gasteiger partial charge in [0.1, 0.15) is 11.6 Å². The average Bonchev–Trinajstić information content (AvgIpc) is 2.44. The summed E-state index contributed by atoms with van der Waals surface area (Å²) in [5, 5.41) is 13.4. The Balaban J connectivity index is 3.01. The Morgan fingerprint density at radius 2 is 2.12 bits per heavy atom. The maximum atomic E-state index is 11.3. The van der Waals surface area contributed by atoms with Crippen molar-refractivity contribution in [2.75, 3.05) is 0 Å². The van der Waals surface area contributed by atoms with E-state index in [-0.39, 0.29) is 5.92 Å². The van der Waals surface area contributed by atoms with Crippen molar-refractivity contribution >= 4 is 5.97 Å². The van der Waals surface area contributed by atoms with Crippen molar-refractivity contribution in [1.82, 2.24) is 14.8 Å². The van der Waals surface area contributed by atoms with Crippen LogP contribution in [0.5, 0.6) is 0 Å². The van der Waals surface area contributed by atoms with E-state index >= 15 is 0 Å². The molecule has 0 radical (unpaired) electrons. The second-order valence-electron chi connectivity index (χ2n) is 4.75. The zero-order valence-electron chi connectivity index (χ0n) is 10.5. The molecule has 0 aliphatic rings. The SMILES string of the molecule is Cc1nc(CC(C)(C(=O)O)C(C)C)n(C)n1. The largest absolute Gasteiger partial charge is 0.481 e. The van der Waals surface area contributed by atoms with Crippen LogP contribution >= 0.6 is 0 Å². The van der Waals surface area contributed by atoms with Crippen LogP contribution in [0.1, 0.15) is 32.4 Å². The Morgan fingerprint density at radius 1 is 1.56 bits per heavy atom. The number of rotatable bonds is 4. The van der Waals surface area contributed by atoms with E-state index in [0.717, 1.165) is 5.82 Å². The quantitative estimate of drug-likeness (QED) is 0.841. The van der Waals surface area contributed by atoms with Gasteiger partial charge >= 0.3 is 5.97 Å². The fourth-order valence-electron chi connectivity index (χ4n) is 1.57. The second-order valence-corrected chi connectivity index (χ2v) is 4.75. The molecule has 0 saturated heterocycles. The molecule has 1 rings (SSSR count). The molecule has 1 atom stereocenters. The highest BCUT2D eigenvalue weighted by molar-refractivity contribution is 5.74. The molecule has 1 unspecified atom stereocenters. The van der Waals surface area contributed by atoms with E-state index in [0.29, 0.717) is 12.2 Å². The fraction of sp³-hybridized carbons (Fsp3) is 0.727. The molecule has 1 N–H and O–H groups in total. The molecular formula is C11H19N3O2. The van der Waals surface area contributed by atoms with Gasteiger partial charge in [-0.1, -0.05) is 13.8 Å². The molecule has 5 nitrogen and oxygen atoms in total. The van der Waals surface area contributed by atoms with E-state index in [9.17, 15) is 9.90 Å². The van der Waals surface area contributed by atoms with E-state index in [2.05, 4.69) is 10.1 Å². The van der Waals surface area contributed by atoms with Gasteiger partial charge in [-0.15, -0.1) is 0 Å². The molecule has 16 heavy (non-hydrogen) atoms. The van der Waals surface area contributed by atoms with E-state index in [1.165, 1.54) is 0 Å². The lowest BCUT2D eigenvalue weighted by Crippen LogP contribution is -2.36. The van der Waals surface area contributed by atoms with Crippen LogP contribution in [0.4, 0.5) is 0 Å². The smallest absolute Gasteiger partial charge is 0.310 e. The monoisotopic (exact) mass is 225 g/mol. The van der Waals surface area contributed by atoms with Crippen LogP contribution in [0.15, 0.2) is 0 Å². The predicted molar refractivity (Wildman–Crippen MR) is 60.0 cm³/mol. The molecular weight excluding hydrogens is 206 g/mol. The van der Waals surface area contributed by atoms with Crippen molar-refractivity contribution in [3.05, 3.63) is 11.6 Å². The standard InChI is InChI=1S/C11H19N3O2/c1-7(2)11(4,10(15)16)6-9-12-8(3)13-14(9)5/h7H,6H2,1-5H3,(H,15,16). The first-order valence-corrected chi connectivity index (χ1v) is 5.37. The molecule has 0 aromatic carbocycles. The van der Waals surface area contributed by atoms with Gasteiger partial charge in [-0.05, 0) is 19.8 Å². The lowest BCUT2D eigenvalue weighted by Gasteiger charge is -2.28. The Morgan fingerprint density at radius 3 is 2.44 bits per heavy atom. The summed E-state index contributed by atoms with van der Waals surface area (Å²) in [4.78, 5) is 15.6. The molecule has 0 aliphatic carbocycles. The van der Waals surface area contributed by atoms with Gasteiger partial charge in [0.2, 0.25) is 0 Å². The van der Waals surface area contributed by atoms with Gasteiger partial charge in [-0.25, -0.2) is 4.98 Å². The van der Waals surface area contributed by atoms with Crippen molar-refractivity contribution in [2.45, 2.75) is 34.1 Å². The lowest BCUT2D eigenvalue weighted by atomic mass is 9.76. The summed E-state index contributed by atoms with van der Waals surface area (Å²) in [7, 11) is 1.79. The van der Waals surface area contributed by atoms with Gasteiger partial charge in [0, 0.05) is 13.5 Å². The van der Waals surface area contributed by atoms with Gasteiger partial charge in [-0.2, -0.15) is 5.10 Å². The molecule has 0 aliphatic heterocycles. The highest BCUT2D eigenvalue weighted by Crippen LogP contribution is 2.31. The number of carboxylic acids is 1. The van der Waals surface area contributed by atoms with Crippen LogP contribution in [0.2, 0.25) is 0 Å². The molecule has 1 aromatic rings. The zero-order valence-corrected chi connectivity index (χ0v) is 10.5. The van der Waals surface area contributed by atoms with Crippen LogP contribution in [0.3, 0.4) is 0 Å². The molecule has 0 bridgehead atoms. The minimum atomic E-state index is -0.798. The van der Waals surface area contributed by atoms with E-state index < -0.39 is 11.4 Å². The van der Waals surface area contributed by atoms with Crippen LogP contribution in [-0.2, 0) is 18.3 Å². The number of aryl methyl sites for hydroxylation is 2. The minimum Gasteiger partial charge on any atom is -0.481 e. The van der Waals surface area contributed by atoms with Crippen LogP contribution in [0, 0.1) is 18.3 Å². The van der Waals surface area contributed by atoms with E-state index in [1.807, 2.05) is 13.8 Å². The van der Waals surface area contributed by atoms with Gasteiger partial charge in [-0.3, -0.25) is 9.48 Å². The van der Waals surface area contributed by atoms with Crippen molar-refractivity contribution < 1.29 is 9.90 Å². The molecule has 5 heteroatoms. The topological polar surface area (TPSA) is 68.0 Å². The minimum absolute atomic E-state index is 0.0435. The molecule has 0 saturated carbocycles. The summed E-state index contributed by atoms with van der Waals surface area (Å²) >= 11 is 0. The summed E-state index contributed by atoms with van der Waals surface area (Å²) in [6, 6.07) is 0. The molecule has 90 valence electrons. The Kier molecular flexibility index (Phi) is 3.35. The third kappa shape index (κ3) is 2.23. The number of hydrogen-bond donors (Lipinski definition) is 1. The number of aliphatic carboxylic acids is 1. The normalized spacial score (nSPS) is 15.1. The second kappa shape index (κ2) is 4.23. The number of carboxylic acid groups (broad SMARTS) is 1. The summed E-state index contributed by atoms with van der Waals surface area (Å²) < 4.78 is 1.65. The number of carbonyl (C=O) groups is 1. The fourth-order valence-corrected chi connectivity index (χ4v) is 1.57. The van der Waals surface area contributed by atoms with Crippen LogP contribution in [-0.4, -0.2) is 25.8 Å².